The Hall–Kier alpha value is -4.03. The molecule has 1 fully saturated rings. The van der Waals surface area contributed by atoms with Crippen molar-refractivity contribution in [1.29, 1.82) is 0 Å². The molecule has 1 saturated heterocycles. The molecule has 1 aromatic carbocycles. The first-order chi connectivity index (χ1) is 16.8. The van der Waals surface area contributed by atoms with E-state index in [0.29, 0.717) is 11.3 Å². The molecule has 0 saturated carbocycles. The third-order valence-electron chi connectivity index (χ3n) is 5.52. The van der Waals surface area contributed by atoms with E-state index in [-0.39, 0.29) is 24.6 Å². The number of rotatable bonds is 4. The van der Waals surface area contributed by atoms with Gasteiger partial charge in [0.05, 0.1) is 11.1 Å². The van der Waals surface area contributed by atoms with Crippen LogP contribution in [0.2, 0.25) is 0 Å². The smallest absolute Gasteiger partial charge is 0.417 e. The molecule has 190 valence electrons. The van der Waals surface area contributed by atoms with Crippen LogP contribution in [-0.4, -0.2) is 54.2 Å². The molecule has 1 aliphatic heterocycles. The number of nitrogens with zero attached hydrogens (tertiary/aromatic N) is 6. The molecule has 2 amide bonds. The SMILES string of the molecule is CC(C)(C)OC(=O)N1CCC(C)(n2nnc(-c3cccnc3Nc3ccc(C(F)(F)F)cc3)n2)C1=O. The molecule has 0 spiro atoms. The van der Waals surface area contributed by atoms with Crippen LogP contribution in [0.5, 0.6) is 0 Å². The number of hydrogen-bond donors (Lipinski definition) is 1. The van der Waals surface area contributed by atoms with Crippen molar-refractivity contribution in [1.82, 2.24) is 30.1 Å². The summed E-state index contributed by atoms with van der Waals surface area (Å²) in [7, 11) is 0. The maximum absolute atomic E-state index is 13.1. The lowest BCUT2D eigenvalue weighted by atomic mass is 10.0. The summed E-state index contributed by atoms with van der Waals surface area (Å²) in [5.74, 6) is -0.0904. The number of pyridine rings is 1. The van der Waals surface area contributed by atoms with E-state index in [4.69, 9.17) is 4.74 Å². The molecule has 2 aromatic heterocycles. The molecular formula is C23H24F3N7O3. The van der Waals surface area contributed by atoms with Crippen LogP contribution >= 0.6 is 0 Å². The zero-order chi connectivity index (χ0) is 26.3. The second-order valence-electron chi connectivity index (χ2n) is 9.46. The molecule has 1 unspecified atom stereocenters. The zero-order valence-electron chi connectivity index (χ0n) is 20.0. The van der Waals surface area contributed by atoms with Gasteiger partial charge in [-0.3, -0.25) is 4.79 Å². The van der Waals surface area contributed by atoms with Gasteiger partial charge in [0.25, 0.3) is 5.91 Å². The average Bonchev–Trinajstić information content (AvgIpc) is 3.39. The van der Waals surface area contributed by atoms with Gasteiger partial charge < -0.3 is 10.1 Å². The van der Waals surface area contributed by atoms with Gasteiger partial charge in [0.2, 0.25) is 5.82 Å². The Morgan fingerprint density at radius 3 is 2.47 bits per heavy atom. The van der Waals surface area contributed by atoms with E-state index in [2.05, 4.69) is 25.7 Å². The fourth-order valence-electron chi connectivity index (χ4n) is 3.60. The first-order valence-corrected chi connectivity index (χ1v) is 11.0. The largest absolute Gasteiger partial charge is 0.443 e. The first kappa shape index (κ1) is 25.1. The van der Waals surface area contributed by atoms with Crippen molar-refractivity contribution in [3.05, 3.63) is 48.2 Å². The van der Waals surface area contributed by atoms with Gasteiger partial charge in [-0.1, -0.05) is 0 Å². The van der Waals surface area contributed by atoms with E-state index in [9.17, 15) is 22.8 Å². The third-order valence-corrected chi connectivity index (χ3v) is 5.52. The van der Waals surface area contributed by atoms with Crippen LogP contribution < -0.4 is 5.32 Å². The lowest BCUT2D eigenvalue weighted by Crippen LogP contribution is -2.45. The van der Waals surface area contributed by atoms with Crippen molar-refractivity contribution in [3.8, 4) is 11.4 Å². The predicted molar refractivity (Wildman–Crippen MR) is 122 cm³/mol. The number of anilines is 2. The molecule has 3 heterocycles. The fourth-order valence-corrected chi connectivity index (χ4v) is 3.60. The molecule has 13 heteroatoms. The van der Waals surface area contributed by atoms with Crippen molar-refractivity contribution in [3.63, 3.8) is 0 Å². The van der Waals surface area contributed by atoms with E-state index in [1.165, 1.54) is 18.3 Å². The number of ether oxygens (including phenoxy) is 1. The Labute approximate surface area is 204 Å². The van der Waals surface area contributed by atoms with Gasteiger partial charge in [-0.25, -0.2) is 14.7 Å². The molecule has 1 aliphatic rings. The number of halogens is 3. The average molecular weight is 503 g/mol. The highest BCUT2D eigenvalue weighted by molar-refractivity contribution is 5.98. The lowest BCUT2D eigenvalue weighted by Gasteiger charge is -2.25. The summed E-state index contributed by atoms with van der Waals surface area (Å²) in [6.45, 7) is 6.87. The Bertz CT molecular complexity index is 1290. The molecule has 1 N–H and O–H groups in total. The van der Waals surface area contributed by atoms with Crippen molar-refractivity contribution in [2.75, 3.05) is 11.9 Å². The molecule has 4 rings (SSSR count). The minimum atomic E-state index is -4.44. The number of tetrazole rings is 1. The highest BCUT2D eigenvalue weighted by Crippen LogP contribution is 2.33. The Kier molecular flexibility index (Phi) is 6.18. The Morgan fingerprint density at radius 2 is 1.83 bits per heavy atom. The van der Waals surface area contributed by atoms with Gasteiger partial charge in [0.15, 0.2) is 5.54 Å². The van der Waals surface area contributed by atoms with Gasteiger partial charge in [-0.15, -0.1) is 15.0 Å². The van der Waals surface area contributed by atoms with Crippen LogP contribution in [0.25, 0.3) is 11.4 Å². The summed E-state index contributed by atoms with van der Waals surface area (Å²) < 4.78 is 43.9. The van der Waals surface area contributed by atoms with E-state index in [1.807, 2.05) is 0 Å². The molecule has 1 atom stereocenters. The van der Waals surface area contributed by atoms with Gasteiger partial charge in [0.1, 0.15) is 11.4 Å². The third kappa shape index (κ3) is 4.99. The summed E-state index contributed by atoms with van der Waals surface area (Å²) >= 11 is 0. The summed E-state index contributed by atoms with van der Waals surface area (Å²) in [5.41, 5.74) is -1.99. The number of benzene rings is 1. The molecule has 36 heavy (non-hydrogen) atoms. The summed E-state index contributed by atoms with van der Waals surface area (Å²) in [6, 6.07) is 7.79. The fraction of sp³-hybridized carbons (Fsp3) is 0.391. The zero-order valence-corrected chi connectivity index (χ0v) is 20.0. The van der Waals surface area contributed by atoms with E-state index >= 15 is 0 Å². The first-order valence-electron chi connectivity index (χ1n) is 11.0. The van der Waals surface area contributed by atoms with Crippen LogP contribution in [0.1, 0.15) is 39.7 Å². The standard InChI is InChI=1S/C23H24F3N7O3/c1-21(2,3)36-20(35)32-13-11-22(4,19(32)34)33-30-18(29-31-33)16-6-5-12-27-17(16)28-15-9-7-14(8-10-15)23(24,25)26/h5-10,12H,11,13H2,1-4H3,(H,27,28). The minimum Gasteiger partial charge on any atom is -0.443 e. The Balaban J connectivity index is 1.56. The van der Waals surface area contributed by atoms with Crippen LogP contribution in [0.15, 0.2) is 42.6 Å². The van der Waals surface area contributed by atoms with Crippen LogP contribution in [-0.2, 0) is 21.2 Å². The predicted octanol–water partition coefficient (Wildman–Crippen LogP) is 4.38. The lowest BCUT2D eigenvalue weighted by molar-refractivity contribution is -0.137. The molecular weight excluding hydrogens is 479 g/mol. The minimum absolute atomic E-state index is 0.134. The van der Waals surface area contributed by atoms with E-state index in [1.54, 1.807) is 39.8 Å². The summed E-state index contributed by atoms with van der Waals surface area (Å²) in [6.07, 6.45) is -3.43. The molecule has 0 bridgehead atoms. The van der Waals surface area contributed by atoms with Crippen molar-refractivity contribution >= 4 is 23.5 Å². The van der Waals surface area contributed by atoms with Gasteiger partial charge in [-0.05, 0) is 69.3 Å². The number of carbonyl (C=O) groups excluding carboxylic acids is 2. The molecule has 10 nitrogen and oxygen atoms in total. The quantitative estimate of drug-likeness (QED) is 0.558. The molecule has 0 aliphatic carbocycles. The van der Waals surface area contributed by atoms with Gasteiger partial charge in [0, 0.05) is 24.8 Å². The monoisotopic (exact) mass is 503 g/mol. The number of imide groups is 1. The number of aromatic nitrogens is 5. The van der Waals surface area contributed by atoms with Gasteiger partial charge in [-0.2, -0.15) is 13.2 Å². The van der Waals surface area contributed by atoms with Crippen LogP contribution in [0.3, 0.4) is 0 Å². The van der Waals surface area contributed by atoms with E-state index < -0.39 is 34.9 Å². The Morgan fingerprint density at radius 1 is 1.14 bits per heavy atom. The highest BCUT2D eigenvalue weighted by atomic mass is 19.4. The van der Waals surface area contributed by atoms with Crippen molar-refractivity contribution in [2.45, 2.75) is 51.4 Å². The summed E-state index contributed by atoms with van der Waals surface area (Å²) in [4.78, 5) is 32.0. The number of alkyl halides is 3. The highest BCUT2D eigenvalue weighted by Gasteiger charge is 2.50. The topological polar surface area (TPSA) is 115 Å². The summed E-state index contributed by atoms with van der Waals surface area (Å²) in [5, 5.41) is 15.4. The maximum Gasteiger partial charge on any atom is 0.417 e. The second-order valence-corrected chi connectivity index (χ2v) is 9.46. The number of hydrogen-bond acceptors (Lipinski definition) is 8. The van der Waals surface area contributed by atoms with Gasteiger partial charge >= 0.3 is 12.3 Å². The van der Waals surface area contributed by atoms with Crippen molar-refractivity contribution < 1.29 is 27.5 Å². The van der Waals surface area contributed by atoms with Crippen LogP contribution in [0, 0.1) is 0 Å². The number of nitrogens with one attached hydrogen (secondary N) is 1. The normalized spacial score (nSPS) is 18.4. The van der Waals surface area contributed by atoms with E-state index in [0.717, 1.165) is 21.8 Å². The van der Waals surface area contributed by atoms with Crippen LogP contribution in [0.4, 0.5) is 29.5 Å². The van der Waals surface area contributed by atoms with Crippen molar-refractivity contribution in [2.24, 2.45) is 0 Å². The molecule has 0 radical (unpaired) electrons. The number of carbonyl (C=O) groups is 2. The number of amides is 2. The second kappa shape index (κ2) is 8.88. The molecule has 3 aromatic rings. The maximum atomic E-state index is 13.1. The number of likely N-dealkylation sites (tertiary alicyclic amines) is 1.